The number of hydrogen-bond donors (Lipinski definition) is 2. The van der Waals surface area contributed by atoms with Gasteiger partial charge in [0.15, 0.2) is 0 Å². The topological polar surface area (TPSA) is 66.0 Å². The lowest BCUT2D eigenvalue weighted by Gasteiger charge is -2.22. The first-order valence-electron chi connectivity index (χ1n) is 5.80. The first kappa shape index (κ1) is 14.1. The molecule has 0 radical (unpaired) electrons. The summed E-state index contributed by atoms with van der Waals surface area (Å²) >= 11 is 0. The Bertz CT molecular complexity index is 652. The zero-order valence-electron chi connectivity index (χ0n) is 10.7. The van der Waals surface area contributed by atoms with Gasteiger partial charge in [-0.05, 0) is 12.1 Å². The van der Waals surface area contributed by atoms with Crippen LogP contribution in [-0.4, -0.2) is 30.6 Å². The molecule has 1 aromatic carbocycles. The highest BCUT2D eigenvalue weighted by Crippen LogP contribution is 2.25. The monoisotopic (exact) mass is 282 g/mol. The predicted octanol–water partition coefficient (Wildman–Crippen LogP) is 2.52. The van der Waals surface area contributed by atoms with Crippen LogP contribution in [0.4, 0.5) is 19.0 Å². The third-order valence-corrected chi connectivity index (χ3v) is 2.77. The lowest BCUT2D eigenvalue weighted by Crippen LogP contribution is -2.33. The van der Waals surface area contributed by atoms with Gasteiger partial charge in [-0.15, -0.1) is 0 Å². The molecule has 2 rings (SSSR count). The van der Waals surface area contributed by atoms with Crippen molar-refractivity contribution in [2.45, 2.75) is 6.18 Å². The zero-order valence-corrected chi connectivity index (χ0v) is 10.7. The molecule has 7 heteroatoms. The van der Waals surface area contributed by atoms with Gasteiger partial charge < -0.3 is 10.6 Å². The molecule has 0 atom stereocenters. The standard InChI is InChI=1S/C13H13F3N4/c1-20(7-13(14,15)16)12-9(11(17)18)6-8-4-2-3-5-10(8)19-12/h2-6H,7H2,1H3,(H3,17,18). The molecule has 0 unspecified atom stereocenters. The van der Waals surface area contributed by atoms with E-state index in [-0.39, 0.29) is 17.2 Å². The van der Waals surface area contributed by atoms with Crippen molar-refractivity contribution in [2.75, 3.05) is 18.5 Å². The zero-order chi connectivity index (χ0) is 14.9. The van der Waals surface area contributed by atoms with Crippen LogP contribution in [-0.2, 0) is 0 Å². The van der Waals surface area contributed by atoms with Crippen molar-refractivity contribution in [3.8, 4) is 0 Å². The van der Waals surface area contributed by atoms with Crippen LogP contribution >= 0.6 is 0 Å². The second-order valence-corrected chi connectivity index (χ2v) is 4.44. The van der Waals surface area contributed by atoms with E-state index >= 15 is 0 Å². The Morgan fingerprint density at radius 2 is 2.00 bits per heavy atom. The van der Waals surface area contributed by atoms with Gasteiger partial charge in [-0.25, -0.2) is 4.98 Å². The highest BCUT2D eigenvalue weighted by molar-refractivity contribution is 6.02. The molecule has 3 N–H and O–H groups in total. The summed E-state index contributed by atoms with van der Waals surface area (Å²) in [6, 6.07) is 8.57. The number of fused-ring (bicyclic) bond motifs is 1. The lowest BCUT2D eigenvalue weighted by atomic mass is 10.1. The van der Waals surface area contributed by atoms with Gasteiger partial charge in [-0.1, -0.05) is 18.2 Å². The van der Waals surface area contributed by atoms with Crippen LogP contribution in [0.2, 0.25) is 0 Å². The molecule has 0 bridgehead atoms. The summed E-state index contributed by atoms with van der Waals surface area (Å²) in [5.74, 6) is -0.263. The number of benzene rings is 1. The van der Waals surface area contributed by atoms with Crippen LogP contribution < -0.4 is 10.6 Å². The number of halogens is 3. The first-order valence-corrected chi connectivity index (χ1v) is 5.80. The Balaban J connectivity index is 2.55. The molecule has 0 amide bonds. The van der Waals surface area contributed by atoms with Crippen LogP contribution in [0.3, 0.4) is 0 Å². The van der Waals surface area contributed by atoms with Gasteiger partial charge in [-0.3, -0.25) is 5.41 Å². The van der Waals surface area contributed by atoms with Crippen molar-refractivity contribution in [2.24, 2.45) is 5.73 Å². The number of aromatic nitrogens is 1. The van der Waals surface area contributed by atoms with E-state index in [1.165, 1.54) is 7.05 Å². The quantitative estimate of drug-likeness (QED) is 0.671. The van der Waals surface area contributed by atoms with Crippen molar-refractivity contribution in [3.05, 3.63) is 35.9 Å². The number of hydrogen-bond acceptors (Lipinski definition) is 3. The summed E-state index contributed by atoms with van der Waals surface area (Å²) in [6.45, 7) is -1.15. The van der Waals surface area contributed by atoms with Gasteiger partial charge in [-0.2, -0.15) is 13.2 Å². The van der Waals surface area contributed by atoms with E-state index in [1.54, 1.807) is 30.3 Å². The molecule has 4 nitrogen and oxygen atoms in total. The Morgan fingerprint density at radius 3 is 2.60 bits per heavy atom. The molecule has 1 heterocycles. The average molecular weight is 282 g/mol. The molecule has 106 valence electrons. The molecule has 0 fully saturated rings. The summed E-state index contributed by atoms with van der Waals surface area (Å²) in [5, 5.41) is 8.23. The predicted molar refractivity (Wildman–Crippen MR) is 72.1 cm³/mol. The van der Waals surface area contributed by atoms with E-state index in [9.17, 15) is 13.2 Å². The molecule has 0 aliphatic heterocycles. The molecule has 0 saturated carbocycles. The number of nitrogens with two attached hydrogens (primary N) is 1. The number of para-hydroxylation sites is 1. The molecule has 1 aromatic heterocycles. The molecule has 0 spiro atoms. The highest BCUT2D eigenvalue weighted by Gasteiger charge is 2.30. The summed E-state index contributed by atoms with van der Waals surface area (Å²) in [4.78, 5) is 5.13. The number of alkyl halides is 3. The number of pyridine rings is 1. The summed E-state index contributed by atoms with van der Waals surface area (Å²) < 4.78 is 37.5. The number of nitrogens with one attached hydrogen (secondary N) is 1. The SMILES string of the molecule is CN(CC(F)(F)F)c1nc2ccccc2cc1C(=N)N. The average Bonchev–Trinajstić information content (AvgIpc) is 2.35. The Kier molecular flexibility index (Phi) is 3.52. The number of anilines is 1. The molecule has 2 aromatic rings. The fraction of sp³-hybridized carbons (Fsp3) is 0.231. The van der Waals surface area contributed by atoms with Crippen LogP contribution in [0.25, 0.3) is 10.9 Å². The Hall–Kier alpha value is -2.31. The summed E-state index contributed by atoms with van der Waals surface area (Å²) in [7, 11) is 1.27. The van der Waals surface area contributed by atoms with Crippen molar-refractivity contribution < 1.29 is 13.2 Å². The van der Waals surface area contributed by atoms with E-state index in [0.717, 1.165) is 10.3 Å². The molecule has 20 heavy (non-hydrogen) atoms. The minimum Gasteiger partial charge on any atom is -0.384 e. The number of amidine groups is 1. The van der Waals surface area contributed by atoms with E-state index in [1.807, 2.05) is 0 Å². The van der Waals surface area contributed by atoms with Gasteiger partial charge in [0.05, 0.1) is 11.1 Å². The first-order chi connectivity index (χ1) is 9.28. The molecular weight excluding hydrogens is 269 g/mol. The van der Waals surface area contributed by atoms with Crippen LogP contribution in [0.1, 0.15) is 5.56 Å². The van der Waals surface area contributed by atoms with Crippen molar-refractivity contribution in [1.82, 2.24) is 4.98 Å². The number of nitrogen functional groups attached to an aromatic ring is 1. The second-order valence-electron chi connectivity index (χ2n) is 4.44. The Labute approximate surface area is 113 Å². The lowest BCUT2D eigenvalue weighted by molar-refractivity contribution is -0.119. The third-order valence-electron chi connectivity index (χ3n) is 2.77. The molecule has 0 aliphatic carbocycles. The maximum Gasteiger partial charge on any atom is 0.405 e. The second kappa shape index (κ2) is 4.99. The fourth-order valence-corrected chi connectivity index (χ4v) is 1.94. The van der Waals surface area contributed by atoms with Crippen molar-refractivity contribution >= 4 is 22.6 Å². The van der Waals surface area contributed by atoms with Crippen LogP contribution in [0.5, 0.6) is 0 Å². The largest absolute Gasteiger partial charge is 0.405 e. The van der Waals surface area contributed by atoms with Crippen LogP contribution in [0, 0.1) is 5.41 Å². The van der Waals surface area contributed by atoms with Gasteiger partial charge in [0, 0.05) is 12.4 Å². The van der Waals surface area contributed by atoms with Gasteiger partial charge in [0.2, 0.25) is 0 Å². The van der Waals surface area contributed by atoms with E-state index < -0.39 is 12.7 Å². The Morgan fingerprint density at radius 1 is 1.35 bits per heavy atom. The smallest absolute Gasteiger partial charge is 0.384 e. The van der Waals surface area contributed by atoms with E-state index in [2.05, 4.69) is 4.98 Å². The van der Waals surface area contributed by atoms with Gasteiger partial charge in [0.25, 0.3) is 0 Å². The summed E-state index contributed by atoms with van der Waals surface area (Å²) in [5.41, 5.74) is 6.19. The van der Waals surface area contributed by atoms with E-state index in [0.29, 0.717) is 5.52 Å². The normalized spacial score (nSPS) is 11.6. The number of nitrogens with zero attached hydrogens (tertiary/aromatic N) is 2. The van der Waals surface area contributed by atoms with Gasteiger partial charge >= 0.3 is 6.18 Å². The number of rotatable bonds is 3. The maximum atomic E-state index is 12.5. The highest BCUT2D eigenvalue weighted by atomic mass is 19.4. The molecule has 0 saturated heterocycles. The van der Waals surface area contributed by atoms with Crippen molar-refractivity contribution in [3.63, 3.8) is 0 Å². The van der Waals surface area contributed by atoms with Crippen molar-refractivity contribution in [1.29, 1.82) is 5.41 Å². The minimum absolute atomic E-state index is 0.0496. The molecule has 0 aliphatic rings. The third kappa shape index (κ3) is 2.98. The van der Waals surface area contributed by atoms with Gasteiger partial charge in [0.1, 0.15) is 18.2 Å². The van der Waals surface area contributed by atoms with E-state index in [4.69, 9.17) is 11.1 Å². The summed E-state index contributed by atoms with van der Waals surface area (Å²) in [6.07, 6.45) is -4.35. The fourth-order valence-electron chi connectivity index (χ4n) is 1.94. The minimum atomic E-state index is -4.35. The van der Waals surface area contributed by atoms with Crippen LogP contribution in [0.15, 0.2) is 30.3 Å². The maximum absolute atomic E-state index is 12.5. The molecular formula is C13H13F3N4.